The lowest BCUT2D eigenvalue weighted by Gasteiger charge is -2.41. The molecule has 2 aliphatic rings. The molecule has 1 aliphatic carbocycles. The van der Waals surface area contributed by atoms with Crippen molar-refractivity contribution in [3.8, 4) is 16.9 Å². The molecule has 1 heterocycles. The minimum atomic E-state index is 0.111. The number of hydrogen-bond donors (Lipinski definition) is 1. The topological polar surface area (TPSA) is 41.6 Å². The number of nitrogens with zero attached hydrogens (tertiary/aromatic N) is 1. The monoisotopic (exact) mass is 364 g/mol. The smallest absolute Gasteiger partial charge is 0.227 e. The number of benzene rings is 2. The van der Waals surface area contributed by atoms with Crippen LogP contribution in [0.5, 0.6) is 5.75 Å². The lowest BCUT2D eigenvalue weighted by molar-refractivity contribution is -0.121. The summed E-state index contributed by atoms with van der Waals surface area (Å²) in [6.45, 7) is 2.11. The van der Waals surface area contributed by atoms with Gasteiger partial charge in [0, 0.05) is 23.2 Å². The second-order valence-corrected chi connectivity index (χ2v) is 7.66. The predicted octanol–water partition coefficient (Wildman–Crippen LogP) is 4.57. The van der Waals surface area contributed by atoms with E-state index in [9.17, 15) is 4.79 Å². The van der Waals surface area contributed by atoms with Gasteiger partial charge in [0.2, 0.25) is 5.91 Å². The number of methoxy groups -OCH3 is 1. The third-order valence-corrected chi connectivity index (χ3v) is 6.06. The van der Waals surface area contributed by atoms with Gasteiger partial charge in [0.25, 0.3) is 0 Å². The highest BCUT2D eigenvalue weighted by molar-refractivity contribution is 5.96. The van der Waals surface area contributed by atoms with Crippen LogP contribution in [0, 0.1) is 5.92 Å². The number of likely N-dealkylation sites (tertiary alicyclic amines) is 1. The van der Waals surface area contributed by atoms with Gasteiger partial charge in [0.15, 0.2) is 0 Å². The molecule has 0 unspecified atom stereocenters. The third kappa shape index (κ3) is 4.01. The summed E-state index contributed by atoms with van der Waals surface area (Å²) >= 11 is 0. The van der Waals surface area contributed by atoms with Gasteiger partial charge in [-0.05, 0) is 62.5 Å². The number of ether oxygens (including phenoxy) is 1. The van der Waals surface area contributed by atoms with Crippen LogP contribution in [0.2, 0.25) is 0 Å². The van der Waals surface area contributed by atoms with E-state index in [0.717, 1.165) is 54.5 Å². The fourth-order valence-electron chi connectivity index (χ4n) is 4.15. The minimum Gasteiger partial charge on any atom is -0.497 e. The third-order valence-electron chi connectivity index (χ3n) is 6.06. The molecule has 142 valence electrons. The summed E-state index contributed by atoms with van der Waals surface area (Å²) < 4.78 is 5.34. The maximum absolute atomic E-state index is 12.9. The molecule has 2 aromatic carbocycles. The van der Waals surface area contributed by atoms with Crippen molar-refractivity contribution in [2.75, 3.05) is 25.5 Å². The first-order valence-corrected chi connectivity index (χ1v) is 10.0. The minimum absolute atomic E-state index is 0.111. The molecule has 0 spiro atoms. The molecule has 1 aliphatic heterocycles. The standard InChI is InChI=1S/C23H28N2O2/c1-27-20-9-4-6-18(16-20)21-10-2-3-11-22(21)24-23(26)17-12-14-25(15-13-17)19-7-5-8-19/h2-4,6,9-11,16-17,19H,5,7-8,12-15H2,1H3,(H,24,26). The molecule has 0 radical (unpaired) electrons. The van der Waals surface area contributed by atoms with Gasteiger partial charge < -0.3 is 15.0 Å². The van der Waals surface area contributed by atoms with Crippen LogP contribution in [0.25, 0.3) is 11.1 Å². The van der Waals surface area contributed by atoms with Crippen LogP contribution < -0.4 is 10.1 Å². The lowest BCUT2D eigenvalue weighted by atomic mass is 9.87. The van der Waals surface area contributed by atoms with E-state index < -0.39 is 0 Å². The quantitative estimate of drug-likeness (QED) is 0.845. The second kappa shape index (κ2) is 8.13. The molecule has 1 amide bonds. The first-order chi connectivity index (χ1) is 13.2. The van der Waals surface area contributed by atoms with E-state index in [0.29, 0.717) is 0 Å². The lowest BCUT2D eigenvalue weighted by Crippen LogP contribution is -2.46. The summed E-state index contributed by atoms with van der Waals surface area (Å²) in [4.78, 5) is 15.5. The van der Waals surface area contributed by atoms with Gasteiger partial charge in [-0.2, -0.15) is 0 Å². The molecule has 4 nitrogen and oxygen atoms in total. The Morgan fingerprint density at radius 3 is 2.52 bits per heavy atom. The Morgan fingerprint density at radius 2 is 1.81 bits per heavy atom. The van der Waals surface area contributed by atoms with Crippen molar-refractivity contribution in [3.05, 3.63) is 48.5 Å². The van der Waals surface area contributed by atoms with Crippen LogP contribution in [0.4, 0.5) is 5.69 Å². The normalized spacial score (nSPS) is 18.7. The van der Waals surface area contributed by atoms with E-state index in [1.807, 2.05) is 48.5 Å². The first kappa shape index (κ1) is 18.1. The Hall–Kier alpha value is -2.33. The Labute approximate surface area is 161 Å². The summed E-state index contributed by atoms with van der Waals surface area (Å²) in [5, 5.41) is 3.19. The van der Waals surface area contributed by atoms with Crippen LogP contribution in [0.3, 0.4) is 0 Å². The number of piperidine rings is 1. The Bertz CT molecular complexity index is 792. The average molecular weight is 364 g/mol. The number of hydrogen-bond acceptors (Lipinski definition) is 3. The highest BCUT2D eigenvalue weighted by atomic mass is 16.5. The number of anilines is 1. The zero-order valence-corrected chi connectivity index (χ0v) is 16.0. The van der Waals surface area contributed by atoms with E-state index in [-0.39, 0.29) is 11.8 Å². The molecular formula is C23H28N2O2. The van der Waals surface area contributed by atoms with Crippen LogP contribution in [0.1, 0.15) is 32.1 Å². The maximum atomic E-state index is 12.9. The van der Waals surface area contributed by atoms with E-state index in [4.69, 9.17) is 4.74 Å². The molecule has 4 heteroatoms. The van der Waals surface area contributed by atoms with Gasteiger partial charge in [-0.1, -0.05) is 36.8 Å². The van der Waals surface area contributed by atoms with Gasteiger partial charge in [-0.3, -0.25) is 4.79 Å². The summed E-state index contributed by atoms with van der Waals surface area (Å²) in [6.07, 6.45) is 5.97. The maximum Gasteiger partial charge on any atom is 0.227 e. The Morgan fingerprint density at radius 1 is 1.04 bits per heavy atom. The number of rotatable bonds is 5. The highest BCUT2D eigenvalue weighted by Gasteiger charge is 2.31. The number of nitrogens with one attached hydrogen (secondary N) is 1. The van der Waals surface area contributed by atoms with E-state index >= 15 is 0 Å². The molecule has 27 heavy (non-hydrogen) atoms. The van der Waals surface area contributed by atoms with Gasteiger partial charge >= 0.3 is 0 Å². The molecule has 2 aromatic rings. The van der Waals surface area contributed by atoms with Crippen molar-refractivity contribution in [1.82, 2.24) is 4.90 Å². The molecule has 0 atom stereocenters. The summed E-state index contributed by atoms with van der Waals surface area (Å²) in [5.74, 6) is 1.08. The van der Waals surface area contributed by atoms with Crippen molar-refractivity contribution in [3.63, 3.8) is 0 Å². The molecule has 1 saturated carbocycles. The molecule has 4 rings (SSSR count). The number of carbonyl (C=O) groups excluding carboxylic acids is 1. The largest absolute Gasteiger partial charge is 0.497 e. The molecular weight excluding hydrogens is 336 g/mol. The van der Waals surface area contributed by atoms with Crippen LogP contribution in [-0.2, 0) is 4.79 Å². The SMILES string of the molecule is COc1cccc(-c2ccccc2NC(=O)C2CCN(C3CCC3)CC2)c1. The van der Waals surface area contributed by atoms with Crippen molar-refractivity contribution in [1.29, 1.82) is 0 Å². The molecule has 1 saturated heterocycles. The average Bonchev–Trinajstić information content (AvgIpc) is 2.67. The number of amides is 1. The van der Waals surface area contributed by atoms with Crippen LogP contribution >= 0.6 is 0 Å². The van der Waals surface area contributed by atoms with Crippen LogP contribution in [0.15, 0.2) is 48.5 Å². The van der Waals surface area contributed by atoms with Crippen molar-refractivity contribution in [2.45, 2.75) is 38.1 Å². The zero-order chi connectivity index (χ0) is 18.6. The van der Waals surface area contributed by atoms with Gasteiger partial charge in [-0.15, -0.1) is 0 Å². The summed E-state index contributed by atoms with van der Waals surface area (Å²) in [7, 11) is 1.67. The van der Waals surface area contributed by atoms with Crippen molar-refractivity contribution >= 4 is 11.6 Å². The molecule has 0 bridgehead atoms. The first-order valence-electron chi connectivity index (χ1n) is 10.0. The number of carbonyl (C=O) groups is 1. The van der Waals surface area contributed by atoms with Gasteiger partial charge in [-0.25, -0.2) is 0 Å². The van der Waals surface area contributed by atoms with Gasteiger partial charge in [0.1, 0.15) is 5.75 Å². The molecule has 1 N–H and O–H groups in total. The van der Waals surface area contributed by atoms with E-state index in [1.54, 1.807) is 7.11 Å². The van der Waals surface area contributed by atoms with E-state index in [2.05, 4.69) is 10.2 Å². The van der Waals surface area contributed by atoms with Gasteiger partial charge in [0.05, 0.1) is 7.11 Å². The fourth-order valence-corrected chi connectivity index (χ4v) is 4.15. The Balaban J connectivity index is 1.44. The summed E-state index contributed by atoms with van der Waals surface area (Å²) in [5.41, 5.74) is 2.94. The zero-order valence-electron chi connectivity index (χ0n) is 16.0. The van der Waals surface area contributed by atoms with Crippen molar-refractivity contribution < 1.29 is 9.53 Å². The second-order valence-electron chi connectivity index (χ2n) is 7.66. The summed E-state index contributed by atoms with van der Waals surface area (Å²) in [6, 6.07) is 16.7. The Kier molecular flexibility index (Phi) is 5.44. The molecule has 2 fully saturated rings. The fraction of sp³-hybridized carbons (Fsp3) is 0.435. The molecule has 0 aromatic heterocycles. The predicted molar refractivity (Wildman–Crippen MR) is 109 cm³/mol. The highest BCUT2D eigenvalue weighted by Crippen LogP contribution is 2.32. The van der Waals surface area contributed by atoms with Crippen molar-refractivity contribution in [2.24, 2.45) is 5.92 Å². The van der Waals surface area contributed by atoms with E-state index in [1.165, 1.54) is 19.3 Å². The van der Waals surface area contributed by atoms with Crippen LogP contribution in [-0.4, -0.2) is 37.0 Å². The number of para-hydroxylation sites is 1.